The van der Waals surface area contributed by atoms with Crippen LogP contribution in [0.1, 0.15) is 26.7 Å². The van der Waals surface area contributed by atoms with Gasteiger partial charge in [-0.25, -0.2) is 5.21 Å². The SMILES string of the molecule is CCCC[N+](O)(CC)c1ccccc1. The molecule has 0 radical (unpaired) electrons. The van der Waals surface area contributed by atoms with Crippen LogP contribution in [-0.2, 0) is 0 Å². The molecule has 1 aromatic carbocycles. The molecule has 2 nitrogen and oxygen atoms in total. The number of quaternary nitrogens is 1. The number of para-hydroxylation sites is 1. The highest BCUT2D eigenvalue weighted by Gasteiger charge is 2.25. The first-order valence-corrected chi connectivity index (χ1v) is 5.38. The highest BCUT2D eigenvalue weighted by Crippen LogP contribution is 2.20. The van der Waals surface area contributed by atoms with Crippen LogP contribution >= 0.6 is 0 Å². The summed E-state index contributed by atoms with van der Waals surface area (Å²) >= 11 is 0. The first kappa shape index (κ1) is 11.2. The Kier molecular flexibility index (Phi) is 4.11. The summed E-state index contributed by atoms with van der Waals surface area (Å²) in [7, 11) is 0. The van der Waals surface area contributed by atoms with E-state index in [4.69, 9.17) is 0 Å². The second-order valence-electron chi connectivity index (χ2n) is 3.65. The standard InChI is InChI=1S/C12H20NO/c1-3-5-11-13(14,4-2)12-9-7-6-8-10-12/h6-10,14H,3-5,11H2,1-2H3/q+1. The molecule has 1 atom stereocenters. The Labute approximate surface area is 86.3 Å². The monoisotopic (exact) mass is 194 g/mol. The number of hydrogen-bond donors (Lipinski definition) is 1. The summed E-state index contributed by atoms with van der Waals surface area (Å²) < 4.78 is 0.0642. The maximum absolute atomic E-state index is 10.4. The van der Waals surface area contributed by atoms with Crippen LogP contribution in [-0.4, -0.2) is 18.3 Å². The van der Waals surface area contributed by atoms with Crippen molar-refractivity contribution in [2.75, 3.05) is 13.1 Å². The minimum Gasteiger partial charge on any atom is -0.212 e. The molecule has 2 heteroatoms. The molecule has 0 aromatic heterocycles. The molecule has 1 rings (SSSR count). The average molecular weight is 194 g/mol. The molecule has 0 saturated heterocycles. The Morgan fingerprint density at radius 1 is 1.14 bits per heavy atom. The number of hydrogen-bond acceptors (Lipinski definition) is 1. The number of hydroxylamine groups is 2. The molecule has 0 saturated carbocycles. The van der Waals surface area contributed by atoms with Crippen molar-refractivity contribution in [1.29, 1.82) is 0 Å². The summed E-state index contributed by atoms with van der Waals surface area (Å²) in [5.74, 6) is 0. The second-order valence-corrected chi connectivity index (χ2v) is 3.65. The van der Waals surface area contributed by atoms with Crippen LogP contribution in [0.3, 0.4) is 0 Å². The zero-order valence-electron chi connectivity index (χ0n) is 9.11. The average Bonchev–Trinajstić information content (AvgIpc) is 2.27. The van der Waals surface area contributed by atoms with Gasteiger partial charge in [0.25, 0.3) is 0 Å². The van der Waals surface area contributed by atoms with Crippen molar-refractivity contribution in [3.8, 4) is 0 Å². The summed E-state index contributed by atoms with van der Waals surface area (Å²) in [6, 6.07) is 9.89. The van der Waals surface area contributed by atoms with Gasteiger partial charge in [0.1, 0.15) is 13.1 Å². The van der Waals surface area contributed by atoms with E-state index in [0.29, 0.717) is 0 Å². The van der Waals surface area contributed by atoms with Crippen LogP contribution in [0.2, 0.25) is 0 Å². The van der Waals surface area contributed by atoms with Crippen molar-refractivity contribution in [3.63, 3.8) is 0 Å². The quantitative estimate of drug-likeness (QED) is 0.563. The minimum absolute atomic E-state index is 0.0642. The van der Waals surface area contributed by atoms with Crippen LogP contribution in [0.5, 0.6) is 0 Å². The van der Waals surface area contributed by atoms with Gasteiger partial charge in [-0.3, -0.25) is 0 Å². The van der Waals surface area contributed by atoms with Crippen LogP contribution in [0.25, 0.3) is 0 Å². The summed E-state index contributed by atoms with van der Waals surface area (Å²) in [6.07, 6.45) is 2.17. The topological polar surface area (TPSA) is 20.2 Å². The first-order chi connectivity index (χ1) is 6.73. The van der Waals surface area contributed by atoms with E-state index >= 15 is 0 Å². The smallest absolute Gasteiger partial charge is 0.165 e. The van der Waals surface area contributed by atoms with Crippen molar-refractivity contribution < 1.29 is 5.21 Å². The van der Waals surface area contributed by atoms with Gasteiger partial charge in [0.05, 0.1) is 0 Å². The fourth-order valence-electron chi connectivity index (χ4n) is 1.59. The molecule has 0 aliphatic carbocycles. The van der Waals surface area contributed by atoms with E-state index in [2.05, 4.69) is 6.92 Å². The van der Waals surface area contributed by atoms with E-state index < -0.39 is 0 Å². The van der Waals surface area contributed by atoms with Gasteiger partial charge < -0.3 is 0 Å². The van der Waals surface area contributed by atoms with Gasteiger partial charge in [-0.15, -0.1) is 0 Å². The third-order valence-corrected chi connectivity index (χ3v) is 2.64. The minimum atomic E-state index is 0.0642. The van der Waals surface area contributed by atoms with Gasteiger partial charge in [0, 0.05) is 12.1 Å². The van der Waals surface area contributed by atoms with E-state index in [1.165, 1.54) is 0 Å². The predicted octanol–water partition coefficient (Wildman–Crippen LogP) is 3.20. The number of rotatable bonds is 5. The lowest BCUT2D eigenvalue weighted by Crippen LogP contribution is -2.46. The molecule has 1 unspecified atom stereocenters. The molecule has 14 heavy (non-hydrogen) atoms. The molecule has 0 spiro atoms. The second kappa shape index (κ2) is 5.13. The van der Waals surface area contributed by atoms with E-state index in [-0.39, 0.29) is 4.65 Å². The summed E-state index contributed by atoms with van der Waals surface area (Å²) in [5.41, 5.74) is 0.989. The zero-order valence-corrected chi connectivity index (χ0v) is 9.11. The van der Waals surface area contributed by atoms with E-state index in [1.807, 2.05) is 37.3 Å². The molecule has 0 fully saturated rings. The lowest BCUT2D eigenvalue weighted by molar-refractivity contribution is -0.0762. The third-order valence-electron chi connectivity index (χ3n) is 2.64. The highest BCUT2D eigenvalue weighted by molar-refractivity contribution is 5.39. The normalized spacial score (nSPS) is 15.1. The third kappa shape index (κ3) is 2.56. The Balaban J connectivity index is 2.79. The molecular weight excluding hydrogens is 174 g/mol. The Bertz CT molecular complexity index is 260. The first-order valence-electron chi connectivity index (χ1n) is 5.38. The van der Waals surface area contributed by atoms with Crippen LogP contribution in [0.4, 0.5) is 5.69 Å². The lowest BCUT2D eigenvalue weighted by Gasteiger charge is -2.28. The van der Waals surface area contributed by atoms with Crippen molar-refractivity contribution in [3.05, 3.63) is 30.3 Å². The number of unbranched alkanes of at least 4 members (excludes halogenated alkanes) is 1. The Morgan fingerprint density at radius 2 is 1.79 bits per heavy atom. The van der Waals surface area contributed by atoms with Crippen molar-refractivity contribution in [2.24, 2.45) is 0 Å². The molecular formula is C12H20NO+. The van der Waals surface area contributed by atoms with Crippen LogP contribution in [0.15, 0.2) is 30.3 Å². The largest absolute Gasteiger partial charge is 0.212 e. The lowest BCUT2D eigenvalue weighted by atomic mass is 10.2. The zero-order chi connectivity index (χ0) is 10.4. The fraction of sp³-hybridized carbons (Fsp3) is 0.500. The van der Waals surface area contributed by atoms with Crippen molar-refractivity contribution in [2.45, 2.75) is 26.7 Å². The molecule has 0 heterocycles. The maximum atomic E-state index is 10.4. The molecule has 1 aromatic rings. The predicted molar refractivity (Wildman–Crippen MR) is 60.3 cm³/mol. The molecule has 0 amide bonds. The molecule has 1 N–H and O–H groups in total. The highest BCUT2D eigenvalue weighted by atomic mass is 16.5. The molecule has 0 bridgehead atoms. The van der Waals surface area contributed by atoms with Gasteiger partial charge in [0.2, 0.25) is 0 Å². The van der Waals surface area contributed by atoms with Crippen LogP contribution in [0, 0.1) is 0 Å². The number of nitrogens with zero attached hydrogens (tertiary/aromatic N) is 1. The van der Waals surface area contributed by atoms with Crippen molar-refractivity contribution >= 4 is 5.69 Å². The van der Waals surface area contributed by atoms with E-state index in [9.17, 15) is 5.21 Å². The molecule has 0 aliphatic heterocycles. The fourth-order valence-corrected chi connectivity index (χ4v) is 1.59. The van der Waals surface area contributed by atoms with Gasteiger partial charge in [0.15, 0.2) is 5.69 Å². The molecule has 78 valence electrons. The molecule has 0 aliphatic rings. The van der Waals surface area contributed by atoms with Crippen LogP contribution < -0.4 is 4.65 Å². The summed E-state index contributed by atoms with van der Waals surface area (Å²) in [4.78, 5) is 0. The van der Waals surface area contributed by atoms with Gasteiger partial charge in [-0.05, 0) is 13.3 Å². The summed E-state index contributed by atoms with van der Waals surface area (Å²) in [6.45, 7) is 5.69. The Morgan fingerprint density at radius 3 is 2.29 bits per heavy atom. The Hall–Kier alpha value is -0.860. The summed E-state index contributed by atoms with van der Waals surface area (Å²) in [5, 5.41) is 10.4. The van der Waals surface area contributed by atoms with Gasteiger partial charge >= 0.3 is 0 Å². The van der Waals surface area contributed by atoms with Gasteiger partial charge in [-0.2, -0.15) is 4.65 Å². The van der Waals surface area contributed by atoms with Crippen molar-refractivity contribution in [1.82, 2.24) is 4.65 Å². The maximum Gasteiger partial charge on any atom is 0.165 e. The number of benzene rings is 1. The van der Waals surface area contributed by atoms with E-state index in [1.54, 1.807) is 0 Å². The van der Waals surface area contributed by atoms with E-state index in [0.717, 1.165) is 31.6 Å². The van der Waals surface area contributed by atoms with Gasteiger partial charge in [-0.1, -0.05) is 31.5 Å².